The fourth-order valence-corrected chi connectivity index (χ4v) is 5.39. The van der Waals surface area contributed by atoms with Gasteiger partial charge in [0.15, 0.2) is 0 Å². The van der Waals surface area contributed by atoms with Crippen LogP contribution in [0, 0.1) is 0 Å². The number of ether oxygens (including phenoxy) is 1. The topological polar surface area (TPSA) is 61.8 Å². The molecular formula is C32H30N2O3. The Morgan fingerprint density at radius 3 is 2.00 bits per heavy atom. The Kier molecular flexibility index (Phi) is 6.95. The Morgan fingerprint density at radius 2 is 1.41 bits per heavy atom. The van der Waals surface area contributed by atoms with E-state index in [-0.39, 0.29) is 6.04 Å². The second-order valence-corrected chi connectivity index (χ2v) is 9.21. The van der Waals surface area contributed by atoms with Crippen LogP contribution in [-0.2, 0) is 10.3 Å². The van der Waals surface area contributed by atoms with Gasteiger partial charge in [-0.25, -0.2) is 4.79 Å². The third-order valence-electron chi connectivity index (χ3n) is 6.95. The summed E-state index contributed by atoms with van der Waals surface area (Å²) in [4.78, 5) is 14.2. The zero-order valence-corrected chi connectivity index (χ0v) is 20.7. The predicted molar refractivity (Wildman–Crippen MR) is 148 cm³/mol. The number of nitrogens with one attached hydrogen (secondary N) is 1. The maximum absolute atomic E-state index is 11.9. The minimum Gasteiger partial charge on any atom is -0.450 e. The molecular weight excluding hydrogens is 460 g/mol. The first-order valence-electron chi connectivity index (χ1n) is 12.5. The molecule has 0 bridgehead atoms. The minimum atomic E-state index is -1.30. The fourth-order valence-electron chi connectivity index (χ4n) is 5.39. The van der Waals surface area contributed by atoms with E-state index in [0.29, 0.717) is 6.42 Å². The van der Waals surface area contributed by atoms with E-state index in [1.165, 1.54) is 0 Å². The molecule has 5 heteroatoms. The molecule has 2 N–H and O–H groups in total. The number of carboxylic acid groups (broad SMARTS) is 1. The molecule has 5 rings (SSSR count). The first-order valence-corrected chi connectivity index (χ1v) is 12.5. The zero-order chi connectivity index (χ0) is 25.7. The lowest BCUT2D eigenvalue weighted by Gasteiger charge is -2.53. The highest BCUT2D eigenvalue weighted by Crippen LogP contribution is 2.50. The quantitative estimate of drug-likeness (QED) is 0.261. The van der Waals surface area contributed by atoms with Gasteiger partial charge in [0.05, 0.1) is 6.04 Å². The Morgan fingerprint density at radius 1 is 0.865 bits per heavy atom. The van der Waals surface area contributed by atoms with Gasteiger partial charge < -0.3 is 20.1 Å². The minimum absolute atomic E-state index is 0.0973. The summed E-state index contributed by atoms with van der Waals surface area (Å²) in [6.07, 6.45) is 0.813. The third-order valence-corrected chi connectivity index (χ3v) is 6.95. The molecule has 0 aromatic heterocycles. The average Bonchev–Trinajstić information content (AvgIpc) is 2.94. The number of carbonyl (C=O) groups is 1. The summed E-state index contributed by atoms with van der Waals surface area (Å²) in [5, 5.41) is 13.4. The van der Waals surface area contributed by atoms with Crippen molar-refractivity contribution < 1.29 is 14.6 Å². The van der Waals surface area contributed by atoms with Crippen molar-refractivity contribution >= 4 is 17.5 Å². The van der Waals surface area contributed by atoms with Crippen LogP contribution in [-0.4, -0.2) is 17.4 Å². The van der Waals surface area contributed by atoms with Crippen molar-refractivity contribution in [1.82, 2.24) is 0 Å². The van der Waals surface area contributed by atoms with Gasteiger partial charge in [-0.2, -0.15) is 0 Å². The van der Waals surface area contributed by atoms with Crippen molar-refractivity contribution in [3.8, 4) is 0 Å². The number of benzene rings is 4. The van der Waals surface area contributed by atoms with Gasteiger partial charge in [0.25, 0.3) is 0 Å². The predicted octanol–water partition coefficient (Wildman–Crippen LogP) is 7.61. The standard InChI is InChI=1S/C32H30N2O3/c1-24(37-31(35)36)32(26-16-8-3-9-17-26)23-28(33-27-18-10-4-11-19-27)22-30(25-14-6-2-7-15-25)34(32)29-20-12-5-13-21-29/h2-21,23-24,30,33H,22H2,1H3,(H,35,36). The highest BCUT2D eigenvalue weighted by molar-refractivity contribution is 5.63. The molecule has 0 spiro atoms. The van der Waals surface area contributed by atoms with Crippen molar-refractivity contribution in [3.05, 3.63) is 144 Å². The first kappa shape index (κ1) is 24.2. The van der Waals surface area contributed by atoms with Crippen LogP contribution in [0.25, 0.3) is 0 Å². The zero-order valence-electron chi connectivity index (χ0n) is 20.7. The number of nitrogens with zero attached hydrogens (tertiary/aromatic N) is 1. The average molecular weight is 491 g/mol. The summed E-state index contributed by atoms with van der Waals surface area (Å²) < 4.78 is 5.58. The van der Waals surface area contributed by atoms with Crippen LogP contribution >= 0.6 is 0 Å². The van der Waals surface area contributed by atoms with Crippen LogP contribution in [0.2, 0.25) is 0 Å². The number of rotatable bonds is 7. The van der Waals surface area contributed by atoms with Gasteiger partial charge >= 0.3 is 6.16 Å². The van der Waals surface area contributed by atoms with E-state index in [1.54, 1.807) is 0 Å². The molecule has 1 aliphatic heterocycles. The Balaban J connectivity index is 1.79. The summed E-state index contributed by atoms with van der Waals surface area (Å²) in [7, 11) is 0. The molecule has 0 saturated carbocycles. The van der Waals surface area contributed by atoms with E-state index in [0.717, 1.165) is 28.2 Å². The number of hydrogen-bond donors (Lipinski definition) is 2. The Labute approximate surface area is 217 Å². The largest absolute Gasteiger partial charge is 0.506 e. The van der Waals surface area contributed by atoms with Crippen molar-refractivity contribution in [2.75, 3.05) is 10.2 Å². The Bertz CT molecular complexity index is 1340. The maximum atomic E-state index is 11.9. The summed E-state index contributed by atoms with van der Waals surface area (Å²) >= 11 is 0. The second kappa shape index (κ2) is 10.6. The SMILES string of the molecule is CC(OC(=O)O)C1(c2ccccc2)C=C(Nc2ccccc2)CC(c2ccccc2)N1c1ccccc1. The first-order chi connectivity index (χ1) is 18.1. The van der Waals surface area contributed by atoms with Crippen molar-refractivity contribution in [2.45, 2.75) is 31.0 Å². The van der Waals surface area contributed by atoms with E-state index >= 15 is 0 Å². The normalized spacial score (nSPS) is 20.0. The molecule has 4 aromatic carbocycles. The van der Waals surface area contributed by atoms with Crippen molar-refractivity contribution in [3.63, 3.8) is 0 Å². The molecule has 3 unspecified atom stereocenters. The summed E-state index contributed by atoms with van der Waals surface area (Å²) in [5.74, 6) is 0. The van der Waals surface area contributed by atoms with Crippen LogP contribution < -0.4 is 10.2 Å². The van der Waals surface area contributed by atoms with Crippen LogP contribution in [0.4, 0.5) is 16.2 Å². The summed E-state index contributed by atoms with van der Waals surface area (Å²) in [5.41, 5.74) is 4.10. The molecule has 0 saturated heterocycles. The molecule has 0 fully saturated rings. The summed E-state index contributed by atoms with van der Waals surface area (Å²) in [6.45, 7) is 1.83. The van der Waals surface area contributed by atoms with Gasteiger partial charge in [-0.1, -0.05) is 97.1 Å². The molecule has 3 atom stereocenters. The van der Waals surface area contributed by atoms with Gasteiger partial charge in [0.2, 0.25) is 0 Å². The van der Waals surface area contributed by atoms with E-state index in [4.69, 9.17) is 4.74 Å². The molecule has 1 aliphatic rings. The summed E-state index contributed by atoms with van der Waals surface area (Å²) in [6, 6.07) is 40.5. The van der Waals surface area contributed by atoms with Crippen LogP contribution in [0.3, 0.4) is 0 Å². The van der Waals surface area contributed by atoms with Crippen LogP contribution in [0.5, 0.6) is 0 Å². The number of hydrogen-bond acceptors (Lipinski definition) is 4. The molecule has 4 aromatic rings. The van der Waals surface area contributed by atoms with E-state index in [9.17, 15) is 9.90 Å². The molecule has 37 heavy (non-hydrogen) atoms. The fraction of sp³-hybridized carbons (Fsp3) is 0.156. The van der Waals surface area contributed by atoms with Crippen LogP contribution in [0.15, 0.2) is 133 Å². The highest BCUT2D eigenvalue weighted by Gasteiger charge is 2.50. The second-order valence-electron chi connectivity index (χ2n) is 9.21. The lowest BCUT2D eigenvalue weighted by atomic mass is 9.76. The van der Waals surface area contributed by atoms with Gasteiger partial charge in [-0.3, -0.25) is 0 Å². The third kappa shape index (κ3) is 4.94. The maximum Gasteiger partial charge on any atom is 0.506 e. The van der Waals surface area contributed by atoms with E-state index in [1.807, 2.05) is 104 Å². The lowest BCUT2D eigenvalue weighted by Crippen LogP contribution is -2.57. The number of anilines is 2. The molecule has 186 valence electrons. The van der Waals surface area contributed by atoms with Gasteiger partial charge in [-0.15, -0.1) is 0 Å². The lowest BCUT2D eigenvalue weighted by molar-refractivity contribution is 0.0278. The van der Waals surface area contributed by atoms with Gasteiger partial charge in [0.1, 0.15) is 11.6 Å². The monoisotopic (exact) mass is 490 g/mol. The van der Waals surface area contributed by atoms with Crippen molar-refractivity contribution in [1.29, 1.82) is 0 Å². The highest BCUT2D eigenvalue weighted by atomic mass is 16.7. The molecule has 0 radical (unpaired) electrons. The molecule has 1 heterocycles. The van der Waals surface area contributed by atoms with Crippen molar-refractivity contribution in [2.24, 2.45) is 0 Å². The molecule has 5 nitrogen and oxygen atoms in total. The Hall–Kier alpha value is -4.51. The van der Waals surface area contributed by atoms with E-state index < -0.39 is 17.8 Å². The van der Waals surface area contributed by atoms with Gasteiger partial charge in [-0.05, 0) is 48.4 Å². The number of para-hydroxylation sites is 2. The molecule has 0 aliphatic carbocycles. The molecule has 0 amide bonds. The van der Waals surface area contributed by atoms with Gasteiger partial charge in [0, 0.05) is 23.5 Å². The van der Waals surface area contributed by atoms with E-state index in [2.05, 4.69) is 40.6 Å². The smallest absolute Gasteiger partial charge is 0.450 e. The van der Waals surface area contributed by atoms with Crippen LogP contribution in [0.1, 0.15) is 30.5 Å².